The number of morpholine rings is 2. The zero-order valence-electron chi connectivity index (χ0n) is 14.4. The Kier molecular flexibility index (Phi) is 5.06. The molecule has 132 valence electrons. The molecule has 6 heteroatoms. The maximum Gasteiger partial charge on any atom is 0.0642 e. The molecule has 3 aliphatic heterocycles. The van der Waals surface area contributed by atoms with E-state index in [0.29, 0.717) is 0 Å². The van der Waals surface area contributed by atoms with Gasteiger partial charge in [-0.15, -0.1) is 0 Å². The van der Waals surface area contributed by atoms with Crippen molar-refractivity contribution in [1.29, 1.82) is 0 Å². The second-order valence-corrected chi connectivity index (χ2v) is 6.64. The molecule has 4 rings (SSSR count). The Morgan fingerprint density at radius 3 is 1.38 bits per heavy atom. The van der Waals surface area contributed by atoms with Gasteiger partial charge in [0.25, 0.3) is 0 Å². The van der Waals surface area contributed by atoms with E-state index >= 15 is 0 Å². The van der Waals surface area contributed by atoms with Crippen molar-refractivity contribution in [2.45, 2.75) is 0 Å². The Morgan fingerprint density at radius 2 is 0.958 bits per heavy atom. The van der Waals surface area contributed by atoms with Crippen LogP contribution in [0.15, 0.2) is 18.2 Å². The molecule has 0 saturated carbocycles. The number of nitrogens with one attached hydrogen (secondary N) is 1. The highest BCUT2D eigenvalue weighted by molar-refractivity contribution is 5.70. The third kappa shape index (κ3) is 3.61. The summed E-state index contributed by atoms with van der Waals surface area (Å²) in [6, 6.07) is 7.07. The molecule has 0 aliphatic carbocycles. The van der Waals surface area contributed by atoms with Crippen LogP contribution in [-0.2, 0) is 9.47 Å². The van der Waals surface area contributed by atoms with Crippen molar-refractivity contribution in [3.05, 3.63) is 18.2 Å². The first-order chi connectivity index (χ1) is 11.9. The first-order valence-corrected chi connectivity index (χ1v) is 9.16. The summed E-state index contributed by atoms with van der Waals surface area (Å²) in [7, 11) is 0. The van der Waals surface area contributed by atoms with Crippen molar-refractivity contribution in [1.82, 2.24) is 5.32 Å². The lowest BCUT2D eigenvalue weighted by molar-refractivity contribution is 0.122. The first kappa shape index (κ1) is 16.0. The molecule has 0 atom stereocenters. The van der Waals surface area contributed by atoms with E-state index in [1.807, 2.05) is 0 Å². The summed E-state index contributed by atoms with van der Waals surface area (Å²) >= 11 is 0. The Bertz CT molecular complexity index is 447. The van der Waals surface area contributed by atoms with Crippen LogP contribution in [-0.4, -0.2) is 78.8 Å². The zero-order chi connectivity index (χ0) is 16.2. The second kappa shape index (κ2) is 7.59. The quantitative estimate of drug-likeness (QED) is 0.882. The number of anilines is 3. The highest BCUT2D eigenvalue weighted by Gasteiger charge is 2.19. The molecule has 0 amide bonds. The van der Waals surface area contributed by atoms with Crippen LogP contribution < -0.4 is 20.0 Å². The number of piperazine rings is 1. The lowest BCUT2D eigenvalue weighted by Crippen LogP contribution is -2.44. The molecule has 3 saturated heterocycles. The van der Waals surface area contributed by atoms with Gasteiger partial charge in [-0.05, 0) is 18.2 Å². The number of nitrogens with zero attached hydrogens (tertiary/aromatic N) is 3. The molecule has 0 bridgehead atoms. The van der Waals surface area contributed by atoms with Gasteiger partial charge in [-0.1, -0.05) is 0 Å². The summed E-state index contributed by atoms with van der Waals surface area (Å²) in [5.41, 5.74) is 4.01. The normalized spacial score (nSPS) is 22.8. The number of benzene rings is 1. The average molecular weight is 332 g/mol. The summed E-state index contributed by atoms with van der Waals surface area (Å²) in [6.45, 7) is 11.5. The summed E-state index contributed by atoms with van der Waals surface area (Å²) in [5, 5.41) is 3.44. The molecule has 3 fully saturated rings. The van der Waals surface area contributed by atoms with Gasteiger partial charge < -0.3 is 29.5 Å². The predicted molar refractivity (Wildman–Crippen MR) is 97.6 cm³/mol. The van der Waals surface area contributed by atoms with E-state index < -0.39 is 0 Å². The van der Waals surface area contributed by atoms with Crippen LogP contribution in [0.4, 0.5) is 17.1 Å². The second-order valence-electron chi connectivity index (χ2n) is 6.64. The molecule has 0 spiro atoms. The molecule has 0 aromatic heterocycles. The van der Waals surface area contributed by atoms with Gasteiger partial charge in [0.2, 0.25) is 0 Å². The molecule has 6 nitrogen and oxygen atoms in total. The van der Waals surface area contributed by atoms with Gasteiger partial charge in [-0.3, -0.25) is 0 Å². The van der Waals surface area contributed by atoms with Crippen molar-refractivity contribution >= 4 is 17.1 Å². The van der Waals surface area contributed by atoms with Gasteiger partial charge in [0, 0.05) is 69.4 Å². The standard InChI is InChI=1S/C18H28N4O2/c1-3-20(4-2-19-1)16-13-17(21-5-9-23-10-6-21)15-18(14-16)22-7-11-24-12-8-22/h13-15,19H,1-12H2. The van der Waals surface area contributed by atoms with Crippen LogP contribution in [0.2, 0.25) is 0 Å². The summed E-state index contributed by atoms with van der Waals surface area (Å²) < 4.78 is 11.1. The first-order valence-electron chi connectivity index (χ1n) is 9.16. The third-order valence-electron chi connectivity index (χ3n) is 5.12. The summed E-state index contributed by atoms with van der Waals surface area (Å²) in [6.07, 6.45) is 0. The topological polar surface area (TPSA) is 40.2 Å². The molecule has 24 heavy (non-hydrogen) atoms. The fraction of sp³-hybridized carbons (Fsp3) is 0.667. The van der Waals surface area contributed by atoms with Crippen molar-refractivity contribution in [3.63, 3.8) is 0 Å². The van der Waals surface area contributed by atoms with Crippen molar-refractivity contribution in [3.8, 4) is 0 Å². The number of ether oxygens (including phenoxy) is 2. The average Bonchev–Trinajstić information content (AvgIpc) is 2.70. The molecule has 1 aromatic rings. The molecular formula is C18H28N4O2. The summed E-state index contributed by atoms with van der Waals surface area (Å²) in [5.74, 6) is 0. The van der Waals surface area contributed by atoms with Gasteiger partial charge in [0.15, 0.2) is 0 Å². The van der Waals surface area contributed by atoms with E-state index in [0.717, 1.165) is 78.8 Å². The van der Waals surface area contributed by atoms with Crippen LogP contribution in [0.5, 0.6) is 0 Å². The van der Waals surface area contributed by atoms with Crippen LogP contribution in [0.3, 0.4) is 0 Å². The van der Waals surface area contributed by atoms with Gasteiger partial charge in [-0.25, -0.2) is 0 Å². The van der Waals surface area contributed by atoms with Gasteiger partial charge in [0.05, 0.1) is 26.4 Å². The Labute approximate surface area is 144 Å². The third-order valence-corrected chi connectivity index (χ3v) is 5.12. The fourth-order valence-electron chi connectivity index (χ4n) is 3.69. The highest BCUT2D eigenvalue weighted by atomic mass is 16.5. The zero-order valence-corrected chi connectivity index (χ0v) is 14.4. The minimum atomic E-state index is 0.824. The summed E-state index contributed by atoms with van der Waals surface area (Å²) in [4.78, 5) is 7.42. The Hall–Kier alpha value is -1.50. The Balaban J connectivity index is 1.63. The Morgan fingerprint density at radius 1 is 0.583 bits per heavy atom. The maximum atomic E-state index is 5.53. The number of hydrogen-bond donors (Lipinski definition) is 1. The minimum absolute atomic E-state index is 0.824. The van der Waals surface area contributed by atoms with E-state index in [4.69, 9.17) is 9.47 Å². The molecule has 1 N–H and O–H groups in total. The van der Waals surface area contributed by atoms with Gasteiger partial charge in [-0.2, -0.15) is 0 Å². The molecule has 0 radical (unpaired) electrons. The largest absolute Gasteiger partial charge is 0.378 e. The molecule has 1 aromatic carbocycles. The van der Waals surface area contributed by atoms with Crippen molar-refractivity contribution in [2.24, 2.45) is 0 Å². The highest BCUT2D eigenvalue weighted by Crippen LogP contribution is 2.31. The van der Waals surface area contributed by atoms with E-state index in [-0.39, 0.29) is 0 Å². The van der Waals surface area contributed by atoms with Crippen molar-refractivity contribution < 1.29 is 9.47 Å². The molecule has 3 aliphatic rings. The SMILES string of the molecule is c1c(N2CCNCC2)cc(N2CCOCC2)cc1N1CCOCC1. The molecule has 3 heterocycles. The maximum absolute atomic E-state index is 5.53. The lowest BCUT2D eigenvalue weighted by atomic mass is 10.1. The molecule has 0 unspecified atom stereocenters. The van der Waals surface area contributed by atoms with Gasteiger partial charge >= 0.3 is 0 Å². The predicted octanol–water partition coefficient (Wildman–Crippen LogP) is 0.769. The van der Waals surface area contributed by atoms with Gasteiger partial charge in [0.1, 0.15) is 0 Å². The van der Waals surface area contributed by atoms with Crippen LogP contribution in [0.1, 0.15) is 0 Å². The van der Waals surface area contributed by atoms with E-state index in [1.165, 1.54) is 17.1 Å². The molecular weight excluding hydrogens is 304 g/mol. The fourth-order valence-corrected chi connectivity index (χ4v) is 3.69. The van der Waals surface area contributed by atoms with Crippen molar-refractivity contribution in [2.75, 3.05) is 93.5 Å². The number of hydrogen-bond acceptors (Lipinski definition) is 6. The smallest absolute Gasteiger partial charge is 0.0642 e. The minimum Gasteiger partial charge on any atom is -0.378 e. The lowest BCUT2D eigenvalue weighted by Gasteiger charge is -2.35. The van der Waals surface area contributed by atoms with E-state index in [1.54, 1.807) is 0 Å². The monoisotopic (exact) mass is 332 g/mol. The van der Waals surface area contributed by atoms with E-state index in [2.05, 4.69) is 38.2 Å². The van der Waals surface area contributed by atoms with Crippen LogP contribution in [0, 0.1) is 0 Å². The van der Waals surface area contributed by atoms with Crippen LogP contribution in [0.25, 0.3) is 0 Å². The van der Waals surface area contributed by atoms with Crippen LogP contribution >= 0.6 is 0 Å². The number of rotatable bonds is 3. The van der Waals surface area contributed by atoms with E-state index in [9.17, 15) is 0 Å².